The summed E-state index contributed by atoms with van der Waals surface area (Å²) in [6.07, 6.45) is 1.87. The average molecular weight is 173 g/mol. The summed E-state index contributed by atoms with van der Waals surface area (Å²) in [5.74, 6) is 0. The van der Waals surface area contributed by atoms with E-state index in [4.69, 9.17) is 5.02 Å². The SMILES string of the molecule is COB(O)CC(O)C1CCCN1. The summed E-state index contributed by atoms with van der Waals surface area (Å²) < 4.78 is 4.65. The number of nitrogens with one attached hydrogen (secondary N) is 1. The van der Waals surface area contributed by atoms with Gasteiger partial charge in [0.25, 0.3) is 0 Å². The predicted molar refractivity (Wildman–Crippen MR) is 46.8 cm³/mol. The fraction of sp³-hybridized carbons (Fsp3) is 1.00. The van der Waals surface area contributed by atoms with Crippen LogP contribution in [-0.2, 0) is 4.65 Å². The van der Waals surface area contributed by atoms with E-state index in [1.165, 1.54) is 7.11 Å². The van der Waals surface area contributed by atoms with Crippen LogP contribution >= 0.6 is 0 Å². The van der Waals surface area contributed by atoms with E-state index in [0.717, 1.165) is 19.4 Å². The van der Waals surface area contributed by atoms with Crippen LogP contribution in [0.5, 0.6) is 0 Å². The molecular weight excluding hydrogens is 157 g/mol. The smallest absolute Gasteiger partial charge is 0.427 e. The highest BCUT2D eigenvalue weighted by atomic mass is 16.5. The molecule has 1 fully saturated rings. The van der Waals surface area contributed by atoms with Crippen molar-refractivity contribution in [2.45, 2.75) is 31.3 Å². The van der Waals surface area contributed by atoms with E-state index in [9.17, 15) is 5.11 Å². The zero-order chi connectivity index (χ0) is 8.97. The van der Waals surface area contributed by atoms with Crippen LogP contribution in [0.2, 0.25) is 6.32 Å². The Balaban J connectivity index is 2.21. The third kappa shape index (κ3) is 2.75. The van der Waals surface area contributed by atoms with E-state index in [0.29, 0.717) is 0 Å². The Morgan fingerprint density at radius 2 is 2.50 bits per heavy atom. The Morgan fingerprint density at radius 1 is 1.75 bits per heavy atom. The molecule has 0 aromatic rings. The predicted octanol–water partition coefficient (Wildman–Crippen LogP) is -0.774. The molecule has 1 rings (SSSR count). The molecule has 0 aliphatic carbocycles. The number of hydrogen-bond donors (Lipinski definition) is 3. The highest BCUT2D eigenvalue weighted by Gasteiger charge is 2.26. The van der Waals surface area contributed by atoms with Crippen molar-refractivity contribution in [3.05, 3.63) is 0 Å². The lowest BCUT2D eigenvalue weighted by atomic mass is 9.80. The van der Waals surface area contributed by atoms with Gasteiger partial charge in [0.15, 0.2) is 0 Å². The lowest BCUT2D eigenvalue weighted by Gasteiger charge is -2.18. The van der Waals surface area contributed by atoms with Gasteiger partial charge in [0.1, 0.15) is 0 Å². The topological polar surface area (TPSA) is 61.7 Å². The van der Waals surface area contributed by atoms with Gasteiger partial charge in [-0.05, 0) is 19.4 Å². The molecule has 0 saturated carbocycles. The molecule has 2 unspecified atom stereocenters. The van der Waals surface area contributed by atoms with Crippen molar-refractivity contribution in [1.29, 1.82) is 0 Å². The van der Waals surface area contributed by atoms with Crippen molar-refractivity contribution < 1.29 is 14.8 Å². The van der Waals surface area contributed by atoms with Crippen molar-refractivity contribution in [1.82, 2.24) is 5.32 Å². The van der Waals surface area contributed by atoms with Gasteiger partial charge >= 0.3 is 7.12 Å². The maximum absolute atomic E-state index is 9.55. The summed E-state index contributed by atoms with van der Waals surface area (Å²) in [6.45, 7) is 0.963. The highest BCUT2D eigenvalue weighted by molar-refractivity contribution is 6.42. The molecule has 0 aromatic carbocycles. The second-order valence-corrected chi connectivity index (χ2v) is 3.20. The molecule has 2 atom stereocenters. The molecule has 0 aromatic heterocycles. The molecule has 70 valence electrons. The van der Waals surface area contributed by atoms with Gasteiger partial charge in [0.05, 0.1) is 6.10 Å². The summed E-state index contributed by atoms with van der Waals surface area (Å²) in [4.78, 5) is 0. The van der Waals surface area contributed by atoms with Crippen LogP contribution in [0.4, 0.5) is 0 Å². The normalized spacial score (nSPS) is 25.8. The van der Waals surface area contributed by atoms with Crippen LogP contribution in [0.25, 0.3) is 0 Å². The fourth-order valence-electron chi connectivity index (χ4n) is 1.51. The lowest BCUT2D eigenvalue weighted by molar-refractivity contribution is 0.143. The Morgan fingerprint density at radius 3 is 3.00 bits per heavy atom. The first-order valence-corrected chi connectivity index (χ1v) is 4.36. The first-order valence-electron chi connectivity index (χ1n) is 4.36. The monoisotopic (exact) mass is 173 g/mol. The standard InChI is InChI=1S/C7H16BNO3/c1-12-8(11)5-7(10)6-3-2-4-9-6/h6-7,9-11H,2-5H2,1H3. The molecule has 0 amide bonds. The molecule has 1 aliphatic rings. The van der Waals surface area contributed by atoms with Crippen molar-refractivity contribution in [3.63, 3.8) is 0 Å². The second-order valence-electron chi connectivity index (χ2n) is 3.20. The summed E-state index contributed by atoms with van der Waals surface area (Å²) in [5, 5.41) is 21.8. The van der Waals surface area contributed by atoms with E-state index in [1.807, 2.05) is 0 Å². The fourth-order valence-corrected chi connectivity index (χ4v) is 1.51. The van der Waals surface area contributed by atoms with Gasteiger partial charge in [0, 0.05) is 19.5 Å². The minimum Gasteiger partial charge on any atom is -0.427 e. The highest BCUT2D eigenvalue weighted by Crippen LogP contribution is 2.12. The largest absolute Gasteiger partial charge is 0.456 e. The summed E-state index contributed by atoms with van der Waals surface area (Å²) in [7, 11) is 0.585. The molecule has 5 heteroatoms. The first kappa shape index (κ1) is 9.99. The number of aliphatic hydroxyl groups excluding tert-OH is 1. The number of rotatable bonds is 4. The van der Waals surface area contributed by atoms with Gasteiger partial charge in [0.2, 0.25) is 0 Å². The third-order valence-corrected chi connectivity index (χ3v) is 2.28. The Kier molecular flexibility index (Phi) is 4.01. The lowest BCUT2D eigenvalue weighted by Crippen LogP contribution is -2.38. The van der Waals surface area contributed by atoms with E-state index in [1.54, 1.807) is 0 Å². The first-order chi connectivity index (χ1) is 5.74. The van der Waals surface area contributed by atoms with E-state index in [-0.39, 0.29) is 12.4 Å². The van der Waals surface area contributed by atoms with Crippen LogP contribution in [-0.4, -0.2) is 43.0 Å². The van der Waals surface area contributed by atoms with Gasteiger partial charge in [-0.2, -0.15) is 0 Å². The molecule has 1 aliphatic heterocycles. The van der Waals surface area contributed by atoms with Gasteiger partial charge in [-0.25, -0.2) is 0 Å². The molecule has 0 radical (unpaired) electrons. The minimum atomic E-state index is -0.845. The molecule has 4 nitrogen and oxygen atoms in total. The second kappa shape index (κ2) is 4.82. The Bertz CT molecular complexity index is 130. The van der Waals surface area contributed by atoms with Crippen LogP contribution in [0.15, 0.2) is 0 Å². The molecule has 1 heterocycles. The summed E-state index contributed by atoms with van der Waals surface area (Å²) in [6, 6.07) is 0.134. The van der Waals surface area contributed by atoms with E-state index < -0.39 is 13.2 Å². The summed E-state index contributed by atoms with van der Waals surface area (Å²) in [5.41, 5.74) is 0. The third-order valence-electron chi connectivity index (χ3n) is 2.28. The van der Waals surface area contributed by atoms with Crippen LogP contribution in [0.1, 0.15) is 12.8 Å². The Labute approximate surface area is 73.1 Å². The Hall–Kier alpha value is -0.0951. The van der Waals surface area contributed by atoms with Crippen LogP contribution in [0.3, 0.4) is 0 Å². The van der Waals surface area contributed by atoms with Gasteiger partial charge in [-0.1, -0.05) is 0 Å². The maximum atomic E-state index is 9.55. The van der Waals surface area contributed by atoms with Crippen molar-refractivity contribution in [2.75, 3.05) is 13.7 Å². The van der Waals surface area contributed by atoms with Crippen molar-refractivity contribution in [2.24, 2.45) is 0 Å². The van der Waals surface area contributed by atoms with E-state index >= 15 is 0 Å². The number of hydrogen-bond acceptors (Lipinski definition) is 4. The van der Waals surface area contributed by atoms with Crippen molar-refractivity contribution >= 4 is 7.12 Å². The molecule has 3 N–H and O–H groups in total. The average Bonchev–Trinajstić information content (AvgIpc) is 2.56. The molecule has 1 saturated heterocycles. The maximum Gasteiger partial charge on any atom is 0.456 e. The zero-order valence-electron chi connectivity index (χ0n) is 7.36. The molecular formula is C7H16BNO3. The zero-order valence-corrected chi connectivity index (χ0v) is 7.36. The van der Waals surface area contributed by atoms with Crippen LogP contribution < -0.4 is 5.32 Å². The van der Waals surface area contributed by atoms with Gasteiger partial charge in [-0.3, -0.25) is 0 Å². The van der Waals surface area contributed by atoms with Crippen LogP contribution in [0, 0.1) is 0 Å². The van der Waals surface area contributed by atoms with Gasteiger partial charge < -0.3 is 20.1 Å². The van der Waals surface area contributed by atoms with Crippen molar-refractivity contribution in [3.8, 4) is 0 Å². The summed E-state index contributed by atoms with van der Waals surface area (Å²) >= 11 is 0. The molecule has 12 heavy (non-hydrogen) atoms. The van der Waals surface area contributed by atoms with Gasteiger partial charge in [-0.15, -0.1) is 0 Å². The minimum absolute atomic E-state index is 0.134. The number of aliphatic hydroxyl groups is 1. The molecule has 0 bridgehead atoms. The quantitative estimate of drug-likeness (QED) is 0.488. The van der Waals surface area contributed by atoms with E-state index in [2.05, 4.69) is 9.97 Å². The molecule has 0 spiro atoms.